The van der Waals surface area contributed by atoms with E-state index in [4.69, 9.17) is 9.72 Å². The van der Waals surface area contributed by atoms with Gasteiger partial charge < -0.3 is 10.1 Å². The maximum atomic E-state index is 13.4. The van der Waals surface area contributed by atoms with Gasteiger partial charge in [-0.25, -0.2) is 4.98 Å². The predicted octanol–water partition coefficient (Wildman–Crippen LogP) is 2.69. The number of aryl methyl sites for hydroxylation is 1. The van der Waals surface area contributed by atoms with Crippen LogP contribution >= 0.6 is 0 Å². The van der Waals surface area contributed by atoms with Gasteiger partial charge in [0, 0.05) is 39.0 Å². The van der Waals surface area contributed by atoms with Gasteiger partial charge in [0.05, 0.1) is 18.4 Å². The molecule has 0 aliphatic carbocycles. The highest BCUT2D eigenvalue weighted by atomic mass is 16.5. The first-order valence-corrected chi connectivity index (χ1v) is 11.3. The van der Waals surface area contributed by atoms with E-state index in [-0.39, 0.29) is 18.0 Å². The quantitative estimate of drug-likeness (QED) is 0.576. The minimum atomic E-state index is -0.207. The number of aromatic nitrogens is 2. The fraction of sp³-hybridized carbons (Fsp3) is 0.346. The largest absolute Gasteiger partial charge is 0.497 e. The molecule has 1 aromatic heterocycles. The van der Waals surface area contributed by atoms with Gasteiger partial charge in [-0.05, 0) is 23.3 Å². The molecule has 0 bridgehead atoms. The van der Waals surface area contributed by atoms with Crippen molar-refractivity contribution in [1.29, 1.82) is 0 Å². The smallest absolute Gasteiger partial charge is 0.258 e. The van der Waals surface area contributed by atoms with Crippen LogP contribution in [-0.2, 0) is 43.8 Å². The third-order valence-electron chi connectivity index (χ3n) is 5.99. The van der Waals surface area contributed by atoms with E-state index < -0.39 is 0 Å². The number of hydrogen-bond donors (Lipinski definition) is 1. The fourth-order valence-electron chi connectivity index (χ4n) is 4.17. The second-order valence-electron chi connectivity index (χ2n) is 8.27. The van der Waals surface area contributed by atoms with E-state index in [1.807, 2.05) is 49.4 Å². The maximum absolute atomic E-state index is 13.4. The molecule has 0 saturated heterocycles. The molecule has 0 unspecified atom stereocenters. The molecule has 172 valence electrons. The first kappa shape index (κ1) is 22.7. The molecule has 1 aliphatic rings. The van der Waals surface area contributed by atoms with Crippen molar-refractivity contribution >= 4 is 5.91 Å². The summed E-state index contributed by atoms with van der Waals surface area (Å²) in [6, 6.07) is 17.8. The van der Waals surface area contributed by atoms with Gasteiger partial charge >= 0.3 is 0 Å². The van der Waals surface area contributed by atoms with Crippen LogP contribution in [0.4, 0.5) is 0 Å². The molecule has 1 N–H and O–H groups in total. The van der Waals surface area contributed by atoms with Crippen molar-refractivity contribution in [3.63, 3.8) is 0 Å². The number of fused-ring (bicyclic) bond motifs is 1. The Balaban J connectivity index is 1.47. The van der Waals surface area contributed by atoms with Crippen LogP contribution in [0.3, 0.4) is 0 Å². The van der Waals surface area contributed by atoms with Crippen molar-refractivity contribution in [2.45, 2.75) is 45.9 Å². The molecule has 33 heavy (non-hydrogen) atoms. The van der Waals surface area contributed by atoms with Crippen LogP contribution in [0.1, 0.15) is 35.1 Å². The minimum absolute atomic E-state index is 0.0306. The van der Waals surface area contributed by atoms with Crippen LogP contribution in [0, 0.1) is 0 Å². The van der Waals surface area contributed by atoms with Crippen LogP contribution in [0.25, 0.3) is 0 Å². The number of methoxy groups -OCH3 is 1. The SMILES string of the molecule is CCc1nc2c(c(=O)n1CC(=O)NCc1ccc(OC)cc1)CN(Cc1ccccc1)CC2. The topological polar surface area (TPSA) is 76.5 Å². The number of carbonyl (C=O) groups excluding carboxylic acids is 1. The second kappa shape index (κ2) is 10.4. The van der Waals surface area contributed by atoms with E-state index in [0.717, 1.165) is 36.5 Å². The summed E-state index contributed by atoms with van der Waals surface area (Å²) < 4.78 is 6.70. The van der Waals surface area contributed by atoms with Crippen LogP contribution in [0.15, 0.2) is 59.4 Å². The molecule has 0 saturated carbocycles. The molecule has 7 heteroatoms. The highest BCUT2D eigenvalue weighted by Crippen LogP contribution is 2.17. The Labute approximate surface area is 194 Å². The molecule has 4 rings (SSSR count). The third-order valence-corrected chi connectivity index (χ3v) is 5.99. The highest BCUT2D eigenvalue weighted by molar-refractivity contribution is 5.75. The molecule has 3 aromatic rings. The number of hydrogen-bond acceptors (Lipinski definition) is 5. The molecule has 0 spiro atoms. The molecule has 1 amide bonds. The van der Waals surface area contributed by atoms with Gasteiger partial charge in [0.2, 0.25) is 5.91 Å². The molecule has 0 atom stereocenters. The summed E-state index contributed by atoms with van der Waals surface area (Å²) in [7, 11) is 1.62. The zero-order chi connectivity index (χ0) is 23.2. The number of nitrogens with zero attached hydrogens (tertiary/aromatic N) is 3. The summed E-state index contributed by atoms with van der Waals surface area (Å²) in [5, 5.41) is 2.91. The number of benzene rings is 2. The van der Waals surface area contributed by atoms with Gasteiger partial charge in [-0.3, -0.25) is 19.1 Å². The third kappa shape index (κ3) is 5.49. The molecule has 2 heterocycles. The van der Waals surface area contributed by atoms with E-state index in [1.54, 1.807) is 7.11 Å². The average Bonchev–Trinajstić information content (AvgIpc) is 2.85. The summed E-state index contributed by atoms with van der Waals surface area (Å²) in [6.45, 7) is 4.53. The van der Waals surface area contributed by atoms with Gasteiger partial charge in [0.1, 0.15) is 18.1 Å². The first-order valence-electron chi connectivity index (χ1n) is 11.3. The fourth-order valence-corrected chi connectivity index (χ4v) is 4.17. The van der Waals surface area contributed by atoms with Gasteiger partial charge in [-0.2, -0.15) is 0 Å². The van der Waals surface area contributed by atoms with Crippen molar-refractivity contribution < 1.29 is 9.53 Å². The van der Waals surface area contributed by atoms with Crippen LogP contribution in [0.5, 0.6) is 5.75 Å². The Morgan fingerprint density at radius 2 is 1.85 bits per heavy atom. The van der Waals surface area contributed by atoms with Crippen LogP contribution in [-0.4, -0.2) is 34.0 Å². The Morgan fingerprint density at radius 3 is 2.55 bits per heavy atom. The standard InChI is InChI=1S/C26H30N4O3/c1-3-24-28-23-13-14-29(16-20-7-5-4-6-8-20)17-22(23)26(32)30(24)18-25(31)27-15-19-9-11-21(33-2)12-10-19/h4-12H,3,13-18H2,1-2H3,(H,27,31). The van der Waals surface area contributed by atoms with Crippen molar-refractivity contribution in [2.75, 3.05) is 13.7 Å². The van der Waals surface area contributed by atoms with E-state index in [2.05, 4.69) is 22.3 Å². The molecule has 7 nitrogen and oxygen atoms in total. The number of nitrogens with one attached hydrogen (secondary N) is 1. The highest BCUT2D eigenvalue weighted by Gasteiger charge is 2.24. The number of carbonyl (C=O) groups is 1. The summed E-state index contributed by atoms with van der Waals surface area (Å²) in [5.74, 6) is 1.22. The predicted molar refractivity (Wildman–Crippen MR) is 127 cm³/mol. The summed E-state index contributed by atoms with van der Waals surface area (Å²) >= 11 is 0. The van der Waals surface area contributed by atoms with Crippen LogP contribution < -0.4 is 15.6 Å². The molecule has 0 radical (unpaired) electrons. The molecular weight excluding hydrogens is 416 g/mol. The lowest BCUT2D eigenvalue weighted by Crippen LogP contribution is -2.41. The summed E-state index contributed by atoms with van der Waals surface area (Å²) in [5.41, 5.74) is 3.66. The summed E-state index contributed by atoms with van der Waals surface area (Å²) in [6.07, 6.45) is 1.34. The zero-order valence-electron chi connectivity index (χ0n) is 19.2. The normalized spacial score (nSPS) is 13.4. The lowest BCUT2D eigenvalue weighted by atomic mass is 10.1. The van der Waals surface area contributed by atoms with Gasteiger partial charge in [-0.1, -0.05) is 49.4 Å². The lowest BCUT2D eigenvalue weighted by molar-refractivity contribution is -0.121. The second-order valence-corrected chi connectivity index (χ2v) is 8.27. The van der Waals surface area contributed by atoms with Gasteiger partial charge in [-0.15, -0.1) is 0 Å². The van der Waals surface area contributed by atoms with E-state index in [9.17, 15) is 9.59 Å². The van der Waals surface area contributed by atoms with Gasteiger partial charge in [0.15, 0.2) is 0 Å². The Hall–Kier alpha value is -3.45. The number of rotatable bonds is 8. The Bertz CT molecular complexity index is 1160. The monoisotopic (exact) mass is 446 g/mol. The van der Waals surface area contributed by atoms with E-state index in [1.165, 1.54) is 10.1 Å². The van der Waals surface area contributed by atoms with E-state index >= 15 is 0 Å². The molecular formula is C26H30N4O3. The lowest BCUT2D eigenvalue weighted by Gasteiger charge is -2.28. The first-order chi connectivity index (χ1) is 16.1. The molecule has 1 aliphatic heterocycles. The minimum Gasteiger partial charge on any atom is -0.497 e. The Morgan fingerprint density at radius 1 is 1.09 bits per heavy atom. The Kier molecular flexibility index (Phi) is 7.19. The molecule has 0 fully saturated rings. The average molecular weight is 447 g/mol. The number of amides is 1. The van der Waals surface area contributed by atoms with Gasteiger partial charge in [0.25, 0.3) is 5.56 Å². The van der Waals surface area contributed by atoms with Crippen molar-refractivity contribution in [1.82, 2.24) is 19.8 Å². The molecule has 2 aromatic carbocycles. The summed E-state index contributed by atoms with van der Waals surface area (Å²) in [4.78, 5) is 33.1. The van der Waals surface area contributed by atoms with Crippen LogP contribution in [0.2, 0.25) is 0 Å². The van der Waals surface area contributed by atoms with Crippen molar-refractivity contribution in [3.8, 4) is 5.75 Å². The number of ether oxygens (including phenoxy) is 1. The van der Waals surface area contributed by atoms with Crippen molar-refractivity contribution in [2.24, 2.45) is 0 Å². The van der Waals surface area contributed by atoms with E-state index in [0.29, 0.717) is 30.9 Å². The zero-order valence-corrected chi connectivity index (χ0v) is 19.2. The van der Waals surface area contributed by atoms with Crippen molar-refractivity contribution in [3.05, 3.63) is 93.2 Å². The maximum Gasteiger partial charge on any atom is 0.258 e.